The second-order valence-electron chi connectivity index (χ2n) is 6.23. The van der Waals surface area contributed by atoms with Crippen LogP contribution in [0.1, 0.15) is 12.8 Å². The fraction of sp³-hybridized carbons (Fsp3) is 0.294. The molecule has 1 saturated heterocycles. The fourth-order valence-electron chi connectivity index (χ4n) is 3.06. The van der Waals surface area contributed by atoms with Crippen LogP contribution in [-0.4, -0.2) is 62.9 Å². The van der Waals surface area contributed by atoms with E-state index in [2.05, 4.69) is 26.3 Å². The molecule has 3 N–H and O–H groups in total. The number of fused-ring (bicyclic) bond motifs is 1. The van der Waals surface area contributed by atoms with Gasteiger partial charge in [0.25, 0.3) is 5.91 Å². The van der Waals surface area contributed by atoms with Crippen molar-refractivity contribution in [3.8, 4) is 0 Å². The number of nitrogens with zero attached hydrogens (tertiary/aromatic N) is 4. The topological polar surface area (TPSA) is 126 Å². The number of nitrogens with one attached hydrogen (secondary N) is 1. The molecule has 0 spiro atoms. The van der Waals surface area contributed by atoms with Crippen LogP contribution >= 0.6 is 15.9 Å². The summed E-state index contributed by atoms with van der Waals surface area (Å²) >= 11 is 3.39. The van der Waals surface area contributed by atoms with Gasteiger partial charge in [0.05, 0.1) is 5.52 Å². The largest absolute Gasteiger partial charge is 0.464 e. The molecular formula is C17H18BrN5O5. The van der Waals surface area contributed by atoms with E-state index < -0.39 is 24.1 Å². The Kier molecular flexibility index (Phi) is 5.54. The average molecular weight is 452 g/mol. The van der Waals surface area contributed by atoms with E-state index in [0.717, 1.165) is 15.4 Å². The Morgan fingerprint density at radius 3 is 2.61 bits per heavy atom. The van der Waals surface area contributed by atoms with Crippen LogP contribution in [0.15, 0.2) is 34.8 Å². The molecule has 1 aromatic carbocycles. The first kappa shape index (κ1) is 19.7. The van der Waals surface area contributed by atoms with Gasteiger partial charge >= 0.3 is 12.2 Å². The van der Waals surface area contributed by atoms with E-state index in [9.17, 15) is 24.6 Å². The summed E-state index contributed by atoms with van der Waals surface area (Å²) in [5.41, 5.74) is 3.30. The summed E-state index contributed by atoms with van der Waals surface area (Å²) in [5.74, 6) is -0.182. The van der Waals surface area contributed by atoms with Gasteiger partial charge in [-0.05, 0) is 37.1 Å². The van der Waals surface area contributed by atoms with Crippen molar-refractivity contribution in [3.63, 3.8) is 0 Å². The molecule has 0 saturated carbocycles. The summed E-state index contributed by atoms with van der Waals surface area (Å²) in [6, 6.07) is 8.06. The van der Waals surface area contributed by atoms with Crippen LogP contribution in [-0.2, 0) is 4.79 Å². The number of anilines is 1. The van der Waals surface area contributed by atoms with Gasteiger partial charge in [-0.1, -0.05) is 22.0 Å². The molecule has 0 bridgehead atoms. The number of carbonyl (C=O) groups excluding carboxylic acids is 1. The highest BCUT2D eigenvalue weighted by Gasteiger charge is 2.40. The predicted molar refractivity (Wildman–Crippen MR) is 104 cm³/mol. The molecule has 28 heavy (non-hydrogen) atoms. The van der Waals surface area contributed by atoms with Gasteiger partial charge < -0.3 is 10.2 Å². The molecule has 3 rings (SSSR count). The third-order valence-corrected chi connectivity index (χ3v) is 4.88. The van der Waals surface area contributed by atoms with Gasteiger partial charge in [0.2, 0.25) is 0 Å². The Balaban J connectivity index is 1.79. The Bertz CT molecular complexity index is 939. The van der Waals surface area contributed by atoms with Gasteiger partial charge in [-0.15, -0.1) is 0 Å². The lowest BCUT2D eigenvalue weighted by atomic mass is 10.1. The number of carbonyl (C=O) groups is 3. The normalized spacial score (nSPS) is 16.7. The maximum absolute atomic E-state index is 12.7. The van der Waals surface area contributed by atoms with Crippen LogP contribution in [0.4, 0.5) is 15.4 Å². The van der Waals surface area contributed by atoms with E-state index in [1.807, 2.05) is 24.3 Å². The second-order valence-corrected chi connectivity index (χ2v) is 7.15. The molecule has 2 aromatic rings. The smallest absolute Gasteiger partial charge is 0.427 e. The van der Waals surface area contributed by atoms with E-state index >= 15 is 0 Å². The molecule has 0 radical (unpaired) electrons. The molecule has 148 valence electrons. The number of hydrogen-bond acceptors (Lipinski definition) is 5. The first-order valence-corrected chi connectivity index (χ1v) is 9.20. The summed E-state index contributed by atoms with van der Waals surface area (Å²) in [4.78, 5) is 40.0. The van der Waals surface area contributed by atoms with Crippen molar-refractivity contribution >= 4 is 50.7 Å². The second kappa shape index (κ2) is 7.89. The molecule has 0 aliphatic carbocycles. The number of hydrogen-bond donors (Lipinski definition) is 3. The number of halogens is 1. The first-order chi connectivity index (χ1) is 13.3. The lowest BCUT2D eigenvalue weighted by molar-refractivity contribution is -0.135. The van der Waals surface area contributed by atoms with Crippen LogP contribution in [0, 0.1) is 0 Å². The van der Waals surface area contributed by atoms with Gasteiger partial charge in [0.1, 0.15) is 11.9 Å². The number of carboxylic acid groups (broad SMARTS) is 2. The van der Waals surface area contributed by atoms with E-state index in [1.54, 1.807) is 13.1 Å². The standard InChI is InChI=1S/C17H18BrN5O5/c1-21(14-7-5-10-4-6-11(18)9-12(10)19-14)20-15(24)13-3-2-8-22(16(25)26)23(13)17(27)28/h4-7,9,13H,2-3,8H2,1H3,(H,20,24)(H,25,26)(H,27,28)/t13-/m0/s1. The molecule has 0 unspecified atom stereocenters. The van der Waals surface area contributed by atoms with Crippen molar-refractivity contribution in [2.24, 2.45) is 0 Å². The fourth-order valence-corrected chi connectivity index (χ4v) is 3.41. The predicted octanol–water partition coefficient (Wildman–Crippen LogP) is 2.50. The summed E-state index contributed by atoms with van der Waals surface area (Å²) in [6.07, 6.45) is -2.33. The van der Waals surface area contributed by atoms with E-state index in [1.165, 1.54) is 5.01 Å². The Morgan fingerprint density at radius 2 is 1.93 bits per heavy atom. The third-order valence-electron chi connectivity index (χ3n) is 4.38. The van der Waals surface area contributed by atoms with Crippen LogP contribution in [0.25, 0.3) is 10.9 Å². The number of rotatable bonds is 3. The molecule has 1 atom stereocenters. The van der Waals surface area contributed by atoms with Gasteiger partial charge in [-0.3, -0.25) is 15.2 Å². The Hall–Kier alpha value is -3.08. The van der Waals surface area contributed by atoms with Crippen molar-refractivity contribution in [2.75, 3.05) is 18.6 Å². The molecule has 1 aromatic heterocycles. The molecule has 10 nitrogen and oxygen atoms in total. The number of pyridine rings is 1. The summed E-state index contributed by atoms with van der Waals surface area (Å²) in [6.45, 7) is 0.0162. The minimum Gasteiger partial charge on any atom is -0.464 e. The average Bonchev–Trinajstić information content (AvgIpc) is 2.66. The molecule has 1 aliphatic heterocycles. The minimum absolute atomic E-state index is 0.0162. The van der Waals surface area contributed by atoms with Crippen molar-refractivity contribution in [1.82, 2.24) is 20.4 Å². The maximum Gasteiger partial charge on any atom is 0.427 e. The Labute approximate surface area is 168 Å². The SMILES string of the molecule is CN(NC(=O)[C@@H]1CCCN(C(=O)O)N1C(=O)O)c1ccc2ccc(Br)cc2n1. The maximum atomic E-state index is 12.7. The third kappa shape index (κ3) is 3.93. The zero-order valence-electron chi connectivity index (χ0n) is 14.9. The molecule has 2 heterocycles. The van der Waals surface area contributed by atoms with E-state index in [4.69, 9.17) is 0 Å². The number of amides is 3. The van der Waals surface area contributed by atoms with Crippen molar-refractivity contribution in [1.29, 1.82) is 0 Å². The van der Waals surface area contributed by atoms with Gasteiger partial charge in [-0.25, -0.2) is 24.6 Å². The van der Waals surface area contributed by atoms with Gasteiger partial charge in [0, 0.05) is 23.5 Å². The summed E-state index contributed by atoms with van der Waals surface area (Å²) in [5, 5.41) is 22.1. The summed E-state index contributed by atoms with van der Waals surface area (Å²) < 4.78 is 0.865. The molecule has 1 fully saturated rings. The molecule has 11 heteroatoms. The van der Waals surface area contributed by atoms with Crippen molar-refractivity contribution in [3.05, 3.63) is 34.8 Å². The van der Waals surface area contributed by atoms with Gasteiger partial charge in [-0.2, -0.15) is 0 Å². The van der Waals surface area contributed by atoms with Crippen LogP contribution in [0.2, 0.25) is 0 Å². The lowest BCUT2D eigenvalue weighted by Crippen LogP contribution is -2.62. The zero-order valence-corrected chi connectivity index (χ0v) is 16.5. The van der Waals surface area contributed by atoms with Crippen LogP contribution < -0.4 is 10.4 Å². The van der Waals surface area contributed by atoms with E-state index in [-0.39, 0.29) is 13.0 Å². The number of hydrazine groups is 2. The van der Waals surface area contributed by atoms with Crippen LogP contribution in [0.5, 0.6) is 0 Å². The zero-order chi connectivity index (χ0) is 20.4. The highest BCUT2D eigenvalue weighted by atomic mass is 79.9. The molecule has 3 amide bonds. The lowest BCUT2D eigenvalue weighted by Gasteiger charge is -2.40. The monoisotopic (exact) mass is 451 g/mol. The molecular weight excluding hydrogens is 434 g/mol. The van der Waals surface area contributed by atoms with Crippen molar-refractivity contribution < 1.29 is 24.6 Å². The Morgan fingerprint density at radius 1 is 1.21 bits per heavy atom. The summed E-state index contributed by atoms with van der Waals surface area (Å²) in [7, 11) is 1.58. The minimum atomic E-state index is -1.50. The van der Waals surface area contributed by atoms with Crippen molar-refractivity contribution in [2.45, 2.75) is 18.9 Å². The quantitative estimate of drug-likeness (QED) is 0.611. The molecule has 1 aliphatic rings. The van der Waals surface area contributed by atoms with E-state index in [0.29, 0.717) is 22.3 Å². The van der Waals surface area contributed by atoms with Gasteiger partial charge in [0.15, 0.2) is 0 Å². The first-order valence-electron chi connectivity index (χ1n) is 8.41. The number of aromatic nitrogens is 1. The highest BCUT2D eigenvalue weighted by Crippen LogP contribution is 2.22. The number of benzene rings is 1. The highest BCUT2D eigenvalue weighted by molar-refractivity contribution is 9.10. The van der Waals surface area contributed by atoms with Crippen LogP contribution in [0.3, 0.4) is 0 Å².